The van der Waals surface area contributed by atoms with Gasteiger partial charge in [0.2, 0.25) is 5.91 Å². The number of benzene rings is 1. The molecule has 1 amide bonds. The van der Waals surface area contributed by atoms with E-state index >= 15 is 0 Å². The van der Waals surface area contributed by atoms with Crippen molar-refractivity contribution in [2.24, 2.45) is 11.1 Å². The number of carbonyl (C=O) groups excluding carboxylic acids is 1. The molecule has 2 N–H and O–H groups in total. The first-order valence-corrected chi connectivity index (χ1v) is 8.16. The van der Waals surface area contributed by atoms with Crippen LogP contribution < -0.4 is 10.6 Å². The maximum absolute atomic E-state index is 12.8. The van der Waals surface area contributed by atoms with Crippen molar-refractivity contribution in [1.29, 1.82) is 0 Å². The van der Waals surface area contributed by atoms with Crippen LogP contribution in [-0.2, 0) is 4.79 Å². The van der Waals surface area contributed by atoms with Crippen molar-refractivity contribution in [3.05, 3.63) is 30.3 Å². The van der Waals surface area contributed by atoms with E-state index in [-0.39, 0.29) is 23.4 Å². The van der Waals surface area contributed by atoms with Gasteiger partial charge >= 0.3 is 0 Å². The summed E-state index contributed by atoms with van der Waals surface area (Å²) in [5.41, 5.74) is 7.21. The zero-order valence-corrected chi connectivity index (χ0v) is 14.2. The van der Waals surface area contributed by atoms with Gasteiger partial charge in [-0.1, -0.05) is 32.0 Å². The summed E-state index contributed by atoms with van der Waals surface area (Å²) in [6.07, 6.45) is 0.952. The van der Waals surface area contributed by atoms with Gasteiger partial charge in [0.1, 0.15) is 0 Å². The van der Waals surface area contributed by atoms with Gasteiger partial charge in [-0.05, 0) is 37.8 Å². The smallest absolute Gasteiger partial charge is 0.241 e. The Labute approximate surface area is 134 Å². The minimum absolute atomic E-state index is 0.0634. The molecule has 4 heteroatoms. The van der Waals surface area contributed by atoms with Crippen LogP contribution >= 0.6 is 0 Å². The van der Waals surface area contributed by atoms with E-state index in [2.05, 4.69) is 32.6 Å². The Morgan fingerprint density at radius 2 is 2.00 bits per heavy atom. The molecule has 1 aromatic carbocycles. The fourth-order valence-corrected chi connectivity index (χ4v) is 3.21. The number of carbonyl (C=O) groups is 1. The monoisotopic (exact) mass is 303 g/mol. The lowest BCUT2D eigenvalue weighted by atomic mass is 9.80. The third kappa shape index (κ3) is 3.87. The van der Waals surface area contributed by atoms with Crippen LogP contribution in [0.15, 0.2) is 30.3 Å². The van der Waals surface area contributed by atoms with Gasteiger partial charge in [-0.25, -0.2) is 0 Å². The molecular weight excluding hydrogens is 274 g/mol. The van der Waals surface area contributed by atoms with Crippen LogP contribution in [0, 0.1) is 5.41 Å². The largest absolute Gasteiger partial charge is 0.327 e. The summed E-state index contributed by atoms with van der Waals surface area (Å²) < 4.78 is 0. The molecule has 0 radical (unpaired) electrons. The Morgan fingerprint density at radius 1 is 1.36 bits per heavy atom. The average Bonchev–Trinajstić information content (AvgIpc) is 2.43. The first-order valence-electron chi connectivity index (χ1n) is 8.16. The van der Waals surface area contributed by atoms with E-state index in [0.717, 1.165) is 25.2 Å². The predicted octanol–water partition coefficient (Wildman–Crippen LogP) is 2.49. The molecule has 0 spiro atoms. The van der Waals surface area contributed by atoms with Gasteiger partial charge in [-0.2, -0.15) is 0 Å². The molecule has 1 saturated heterocycles. The molecule has 1 aromatic rings. The van der Waals surface area contributed by atoms with Gasteiger partial charge in [0, 0.05) is 30.9 Å². The zero-order chi connectivity index (χ0) is 16.3. The molecule has 1 atom stereocenters. The van der Waals surface area contributed by atoms with Crippen LogP contribution in [0.4, 0.5) is 5.69 Å². The fourth-order valence-electron chi connectivity index (χ4n) is 3.21. The van der Waals surface area contributed by atoms with Gasteiger partial charge in [0.15, 0.2) is 0 Å². The SMILES string of the molecule is CC(C)N(C(=O)CN1CCC(N)C(C)(C)C1)c1ccccc1. The fraction of sp³-hybridized carbons (Fsp3) is 0.611. The van der Waals surface area contributed by atoms with Crippen LogP contribution in [0.3, 0.4) is 0 Å². The van der Waals surface area contributed by atoms with Crippen LogP contribution in [-0.4, -0.2) is 42.5 Å². The second kappa shape index (κ2) is 6.80. The number of nitrogens with zero attached hydrogens (tertiary/aromatic N) is 2. The second-order valence-corrected chi connectivity index (χ2v) is 7.29. The first-order chi connectivity index (χ1) is 10.3. The highest BCUT2D eigenvalue weighted by molar-refractivity contribution is 5.95. The quantitative estimate of drug-likeness (QED) is 0.929. The molecule has 122 valence electrons. The Morgan fingerprint density at radius 3 is 2.55 bits per heavy atom. The third-order valence-electron chi connectivity index (χ3n) is 4.57. The molecule has 1 unspecified atom stereocenters. The highest BCUT2D eigenvalue weighted by Gasteiger charge is 2.34. The molecule has 0 aromatic heterocycles. The summed E-state index contributed by atoms with van der Waals surface area (Å²) >= 11 is 0. The van der Waals surface area contributed by atoms with Gasteiger partial charge in [-0.3, -0.25) is 9.69 Å². The summed E-state index contributed by atoms with van der Waals surface area (Å²) in [6, 6.07) is 10.3. The van der Waals surface area contributed by atoms with Gasteiger partial charge in [-0.15, -0.1) is 0 Å². The number of hydrogen-bond donors (Lipinski definition) is 1. The molecule has 1 aliphatic heterocycles. The number of amides is 1. The van der Waals surface area contributed by atoms with Crippen LogP contribution in [0.1, 0.15) is 34.1 Å². The summed E-state index contributed by atoms with van der Waals surface area (Å²) in [5, 5.41) is 0. The molecule has 2 rings (SSSR count). The summed E-state index contributed by atoms with van der Waals surface area (Å²) in [5.74, 6) is 0.160. The number of hydrogen-bond acceptors (Lipinski definition) is 3. The Hall–Kier alpha value is -1.39. The first kappa shape index (κ1) is 17.0. The maximum atomic E-state index is 12.8. The highest BCUT2D eigenvalue weighted by Crippen LogP contribution is 2.28. The van der Waals surface area contributed by atoms with Crippen molar-refractivity contribution < 1.29 is 4.79 Å². The lowest BCUT2D eigenvalue weighted by Crippen LogP contribution is -2.55. The average molecular weight is 303 g/mol. The molecule has 1 aliphatic rings. The van der Waals surface area contributed by atoms with Crippen LogP contribution in [0.5, 0.6) is 0 Å². The predicted molar refractivity (Wildman–Crippen MR) is 91.9 cm³/mol. The number of piperidine rings is 1. The van der Waals surface area contributed by atoms with E-state index in [1.54, 1.807) is 0 Å². The van der Waals surface area contributed by atoms with Crippen LogP contribution in [0.2, 0.25) is 0 Å². The molecule has 4 nitrogen and oxygen atoms in total. The molecule has 22 heavy (non-hydrogen) atoms. The number of para-hydroxylation sites is 1. The van der Waals surface area contributed by atoms with E-state index in [1.165, 1.54) is 0 Å². The zero-order valence-electron chi connectivity index (χ0n) is 14.2. The van der Waals surface area contributed by atoms with Gasteiger partial charge in [0.05, 0.1) is 6.54 Å². The maximum Gasteiger partial charge on any atom is 0.241 e. The standard InChI is InChI=1S/C18H29N3O/c1-14(2)21(15-8-6-5-7-9-15)17(22)12-20-11-10-16(19)18(3,4)13-20/h5-9,14,16H,10-13,19H2,1-4H3. The van der Waals surface area contributed by atoms with Crippen molar-refractivity contribution >= 4 is 11.6 Å². The summed E-state index contributed by atoms with van der Waals surface area (Å²) in [7, 11) is 0. The molecule has 0 bridgehead atoms. The number of rotatable bonds is 4. The Balaban J connectivity index is 2.07. The van der Waals surface area contributed by atoms with E-state index in [1.807, 2.05) is 35.2 Å². The minimum atomic E-state index is 0.0634. The Bertz CT molecular complexity index is 498. The Kier molecular flexibility index (Phi) is 5.24. The number of nitrogens with two attached hydrogens (primary N) is 1. The molecule has 1 fully saturated rings. The van der Waals surface area contributed by atoms with Gasteiger partial charge < -0.3 is 10.6 Å². The molecule has 0 aliphatic carbocycles. The van der Waals surface area contributed by atoms with Crippen molar-refractivity contribution in [3.63, 3.8) is 0 Å². The second-order valence-electron chi connectivity index (χ2n) is 7.29. The number of likely N-dealkylation sites (tertiary alicyclic amines) is 1. The van der Waals surface area contributed by atoms with E-state index < -0.39 is 0 Å². The molecule has 1 heterocycles. The van der Waals surface area contributed by atoms with Crippen LogP contribution in [0.25, 0.3) is 0 Å². The van der Waals surface area contributed by atoms with Crippen molar-refractivity contribution in [2.45, 2.75) is 46.2 Å². The molecule has 0 saturated carbocycles. The minimum Gasteiger partial charge on any atom is -0.327 e. The molecular formula is C18H29N3O. The number of anilines is 1. The van der Waals surface area contributed by atoms with Crippen molar-refractivity contribution in [1.82, 2.24) is 4.90 Å². The summed E-state index contributed by atoms with van der Waals surface area (Å²) in [6.45, 7) is 10.7. The van der Waals surface area contributed by atoms with E-state index in [9.17, 15) is 4.79 Å². The van der Waals surface area contributed by atoms with Crippen molar-refractivity contribution in [3.8, 4) is 0 Å². The normalized spacial score (nSPS) is 21.8. The lowest BCUT2D eigenvalue weighted by molar-refractivity contribution is -0.120. The van der Waals surface area contributed by atoms with Crippen molar-refractivity contribution in [2.75, 3.05) is 24.5 Å². The van der Waals surface area contributed by atoms with Gasteiger partial charge in [0.25, 0.3) is 0 Å². The third-order valence-corrected chi connectivity index (χ3v) is 4.57. The van der Waals surface area contributed by atoms with E-state index in [4.69, 9.17) is 5.73 Å². The summed E-state index contributed by atoms with van der Waals surface area (Å²) in [4.78, 5) is 16.9. The highest BCUT2D eigenvalue weighted by atomic mass is 16.2. The topological polar surface area (TPSA) is 49.6 Å². The lowest BCUT2D eigenvalue weighted by Gasteiger charge is -2.43. The van der Waals surface area contributed by atoms with E-state index in [0.29, 0.717) is 6.54 Å².